The van der Waals surface area contributed by atoms with Gasteiger partial charge < -0.3 is 16.0 Å². The van der Waals surface area contributed by atoms with Crippen molar-refractivity contribution in [3.8, 4) is 0 Å². The van der Waals surface area contributed by atoms with Crippen LogP contribution < -0.4 is 16.0 Å². The van der Waals surface area contributed by atoms with E-state index in [-0.39, 0.29) is 16.7 Å². The predicted octanol–water partition coefficient (Wildman–Crippen LogP) is 2.40. The molecule has 26 heavy (non-hydrogen) atoms. The molecule has 1 heterocycles. The van der Waals surface area contributed by atoms with Crippen molar-refractivity contribution in [3.05, 3.63) is 35.5 Å². The van der Waals surface area contributed by atoms with Crippen molar-refractivity contribution in [1.29, 1.82) is 0 Å². The Labute approximate surface area is 149 Å². The fourth-order valence-corrected chi connectivity index (χ4v) is 3.24. The Morgan fingerprint density at radius 1 is 1.19 bits per heavy atom. The maximum atomic E-state index is 12.9. The van der Waals surface area contributed by atoms with Gasteiger partial charge >= 0.3 is 6.18 Å². The summed E-state index contributed by atoms with van der Waals surface area (Å²) in [6, 6.07) is 4.50. The second-order valence-corrected chi connectivity index (χ2v) is 7.44. The number of alkyl halides is 3. The second-order valence-electron chi connectivity index (χ2n) is 5.45. The summed E-state index contributed by atoms with van der Waals surface area (Å²) in [6.45, 7) is 0.299. The lowest BCUT2D eigenvalue weighted by Gasteiger charge is -2.14. The van der Waals surface area contributed by atoms with E-state index in [1.165, 1.54) is 19.2 Å². The van der Waals surface area contributed by atoms with E-state index >= 15 is 0 Å². The molecule has 0 spiro atoms. The molecule has 0 aliphatic rings. The molecule has 0 atom stereocenters. The van der Waals surface area contributed by atoms with Gasteiger partial charge in [-0.1, -0.05) is 0 Å². The smallest absolute Gasteiger partial charge is 0.372 e. The molecule has 0 aliphatic heterocycles. The molecule has 0 fully saturated rings. The van der Waals surface area contributed by atoms with E-state index in [9.17, 15) is 21.6 Å². The van der Waals surface area contributed by atoms with Crippen LogP contribution in [0.2, 0.25) is 0 Å². The molecule has 11 heteroatoms. The van der Waals surface area contributed by atoms with Crippen LogP contribution >= 0.6 is 0 Å². The molecule has 0 saturated carbocycles. The monoisotopic (exact) mass is 389 g/mol. The molecule has 7 nitrogen and oxygen atoms in total. The first-order valence-electron chi connectivity index (χ1n) is 7.43. The normalized spacial score (nSPS) is 12.1. The van der Waals surface area contributed by atoms with Crippen molar-refractivity contribution in [3.63, 3.8) is 0 Å². The third-order valence-corrected chi connectivity index (χ3v) is 4.61. The third kappa shape index (κ3) is 4.61. The lowest BCUT2D eigenvalue weighted by molar-refractivity contribution is -0.137. The Balaban J connectivity index is 2.38. The molecule has 142 valence electrons. The fourth-order valence-electron chi connectivity index (χ4n) is 2.32. The average molecular weight is 389 g/mol. The van der Waals surface area contributed by atoms with Gasteiger partial charge in [-0.25, -0.2) is 13.4 Å². The number of hydrogen-bond acceptors (Lipinski definition) is 7. The number of hydrogen-bond donors (Lipinski definition) is 3. The molecule has 1 aromatic heterocycles. The van der Waals surface area contributed by atoms with Gasteiger partial charge in [0.25, 0.3) is 0 Å². The number of anilines is 3. The lowest BCUT2D eigenvalue weighted by atomic mass is 10.2. The molecule has 1 aromatic carbocycles. The van der Waals surface area contributed by atoms with Crippen LogP contribution in [0.1, 0.15) is 11.1 Å². The first-order chi connectivity index (χ1) is 12.1. The summed E-state index contributed by atoms with van der Waals surface area (Å²) in [5, 5.41) is 8.04. The van der Waals surface area contributed by atoms with Crippen molar-refractivity contribution in [2.24, 2.45) is 0 Å². The topological polar surface area (TPSA) is 96.0 Å². The zero-order chi connectivity index (χ0) is 19.5. The molecular formula is C15H18F3N5O2S. The number of aromatic nitrogens is 2. The van der Waals surface area contributed by atoms with E-state index in [4.69, 9.17) is 0 Å². The van der Waals surface area contributed by atoms with Crippen LogP contribution in [0.5, 0.6) is 0 Å². The SMILES string of the molecule is CNCc1cc(Nc2ncc(C(F)(F)F)c(NC)n2)ccc1S(C)(=O)=O. The first-order valence-corrected chi connectivity index (χ1v) is 9.32. The molecule has 0 bridgehead atoms. The van der Waals surface area contributed by atoms with Gasteiger partial charge in [-0.3, -0.25) is 0 Å². The van der Waals surface area contributed by atoms with Gasteiger partial charge in [-0.15, -0.1) is 0 Å². The zero-order valence-electron chi connectivity index (χ0n) is 14.3. The number of sulfone groups is 1. The lowest BCUT2D eigenvalue weighted by Crippen LogP contribution is -2.13. The number of nitrogens with one attached hydrogen (secondary N) is 3. The minimum absolute atomic E-state index is 0.0511. The summed E-state index contributed by atoms with van der Waals surface area (Å²) in [5.74, 6) is -0.414. The minimum atomic E-state index is -4.58. The highest BCUT2D eigenvalue weighted by Crippen LogP contribution is 2.34. The summed E-state index contributed by atoms with van der Waals surface area (Å²) in [4.78, 5) is 7.66. The van der Waals surface area contributed by atoms with Crippen molar-refractivity contribution in [1.82, 2.24) is 15.3 Å². The van der Waals surface area contributed by atoms with Crippen LogP contribution in [0.25, 0.3) is 0 Å². The molecule has 2 rings (SSSR count). The van der Waals surface area contributed by atoms with E-state index in [2.05, 4.69) is 25.9 Å². The average Bonchev–Trinajstić information content (AvgIpc) is 2.53. The highest BCUT2D eigenvalue weighted by molar-refractivity contribution is 7.90. The van der Waals surface area contributed by atoms with Gasteiger partial charge in [0.2, 0.25) is 5.95 Å². The maximum Gasteiger partial charge on any atom is 0.421 e. The Hall–Kier alpha value is -2.40. The van der Waals surface area contributed by atoms with Crippen LogP contribution in [0.15, 0.2) is 29.3 Å². The largest absolute Gasteiger partial charge is 0.421 e. The standard InChI is InChI=1S/C15H18F3N5O2S/c1-19-7-9-6-10(4-5-12(9)26(3,24)25)22-14-21-8-11(15(16,17)18)13(20-2)23-14/h4-6,8,19H,7H2,1-3H3,(H2,20,21,22,23). The Morgan fingerprint density at radius 3 is 2.42 bits per heavy atom. The number of rotatable bonds is 6. The number of halogens is 3. The van der Waals surface area contributed by atoms with Gasteiger partial charge in [0.15, 0.2) is 9.84 Å². The molecular weight excluding hydrogens is 371 g/mol. The zero-order valence-corrected chi connectivity index (χ0v) is 15.1. The van der Waals surface area contributed by atoms with E-state index in [0.29, 0.717) is 24.0 Å². The van der Waals surface area contributed by atoms with Gasteiger partial charge in [-0.05, 0) is 30.8 Å². The van der Waals surface area contributed by atoms with Crippen LogP contribution in [0.4, 0.5) is 30.6 Å². The predicted molar refractivity (Wildman–Crippen MR) is 92.2 cm³/mol. The molecule has 2 aromatic rings. The van der Waals surface area contributed by atoms with Gasteiger partial charge in [-0.2, -0.15) is 18.2 Å². The molecule has 0 radical (unpaired) electrons. The third-order valence-electron chi connectivity index (χ3n) is 3.41. The molecule has 3 N–H and O–H groups in total. The minimum Gasteiger partial charge on any atom is -0.372 e. The summed E-state index contributed by atoms with van der Waals surface area (Å²) in [5.41, 5.74) is -0.0148. The fraction of sp³-hybridized carbons (Fsp3) is 0.333. The van der Waals surface area contributed by atoms with Gasteiger partial charge in [0.1, 0.15) is 11.4 Å². The summed E-state index contributed by atoms with van der Waals surface area (Å²) in [7, 11) is -0.414. The van der Waals surface area contributed by atoms with Crippen LogP contribution in [-0.4, -0.2) is 38.7 Å². The van der Waals surface area contributed by atoms with Gasteiger partial charge in [0, 0.05) is 31.7 Å². The van der Waals surface area contributed by atoms with Gasteiger partial charge in [0.05, 0.1) is 4.90 Å². The van der Waals surface area contributed by atoms with E-state index in [1.54, 1.807) is 13.1 Å². The molecule has 0 amide bonds. The summed E-state index contributed by atoms with van der Waals surface area (Å²) >= 11 is 0. The van der Waals surface area contributed by atoms with Crippen LogP contribution in [0, 0.1) is 0 Å². The number of benzene rings is 1. The van der Waals surface area contributed by atoms with Crippen molar-refractivity contribution >= 4 is 27.3 Å². The Morgan fingerprint density at radius 2 is 1.88 bits per heavy atom. The van der Waals surface area contributed by atoms with Crippen molar-refractivity contribution in [2.75, 3.05) is 31.0 Å². The van der Waals surface area contributed by atoms with Crippen LogP contribution in [-0.2, 0) is 22.6 Å². The summed E-state index contributed by atoms with van der Waals surface area (Å²) < 4.78 is 62.3. The van der Waals surface area contributed by atoms with Crippen LogP contribution in [0.3, 0.4) is 0 Å². The van der Waals surface area contributed by atoms with E-state index < -0.39 is 21.6 Å². The van der Waals surface area contributed by atoms with Crippen molar-refractivity contribution in [2.45, 2.75) is 17.6 Å². The molecule has 0 unspecified atom stereocenters. The highest BCUT2D eigenvalue weighted by Gasteiger charge is 2.35. The Kier molecular flexibility index (Phi) is 5.71. The van der Waals surface area contributed by atoms with E-state index in [0.717, 1.165) is 6.26 Å². The quantitative estimate of drug-likeness (QED) is 0.698. The Bertz CT molecular complexity index is 901. The number of nitrogens with zero attached hydrogens (tertiary/aromatic N) is 2. The highest BCUT2D eigenvalue weighted by atomic mass is 32.2. The van der Waals surface area contributed by atoms with Crippen molar-refractivity contribution < 1.29 is 21.6 Å². The molecule has 0 aliphatic carbocycles. The maximum absolute atomic E-state index is 12.9. The van der Waals surface area contributed by atoms with E-state index in [1.807, 2.05) is 0 Å². The molecule has 0 saturated heterocycles. The first kappa shape index (κ1) is 19.9. The second kappa shape index (κ2) is 7.46. The summed E-state index contributed by atoms with van der Waals surface area (Å²) in [6.07, 6.45) is -2.79.